The number of nitrogens with zero attached hydrogens (tertiary/aromatic N) is 2. The van der Waals surface area contributed by atoms with Crippen LogP contribution in [0.4, 0.5) is 5.69 Å². The SMILES string of the molecule is CC[C@H](C)[C@@H]1NC(=O)[C@@H](NC(=O)C(C)=NNc2ccc(O)cc2C(=O)OCCCCCCCC(C)C)[C@@H](c2ccccc2)OC(=O)C[C@H](C)NC(=O)[C@@H](Cc2c[nH]c3c(OC)cccc23)NC(=O)[C@H]([C@@H](O)c2ccccc2)N(C)C1=O. The van der Waals surface area contributed by atoms with Gasteiger partial charge in [-0.15, -0.1) is 0 Å². The summed E-state index contributed by atoms with van der Waals surface area (Å²) in [7, 11) is 2.84. The molecular weight excluding hydrogens is 1040 g/mol. The van der Waals surface area contributed by atoms with E-state index in [-0.39, 0.29) is 46.9 Å². The number of carbonyl (C=O) groups excluding carboxylic acids is 7. The molecule has 434 valence electrons. The molecule has 0 aliphatic carbocycles. The molecule has 81 heavy (non-hydrogen) atoms. The molecule has 1 saturated heterocycles. The number of benzene rings is 4. The quantitative estimate of drug-likeness (QED) is 0.0118. The number of carbonyl (C=O) groups is 7. The summed E-state index contributed by atoms with van der Waals surface area (Å²) in [5.41, 5.74) is 4.31. The molecule has 0 unspecified atom stereocenters. The van der Waals surface area contributed by atoms with Gasteiger partial charge in [-0.05, 0) is 73.1 Å². The molecule has 0 bridgehead atoms. The number of nitrogens with one attached hydrogen (secondary N) is 6. The number of likely N-dealkylation sites (N-methyl/N-ethyl adjacent to an activating group) is 1. The second-order valence-electron chi connectivity index (χ2n) is 21.1. The zero-order valence-corrected chi connectivity index (χ0v) is 47.5. The number of methoxy groups -OCH3 is 1. The van der Waals surface area contributed by atoms with E-state index >= 15 is 9.59 Å². The fourth-order valence-electron chi connectivity index (χ4n) is 9.61. The van der Waals surface area contributed by atoms with E-state index in [1.54, 1.807) is 99.8 Å². The van der Waals surface area contributed by atoms with Crippen LogP contribution in [0.2, 0.25) is 0 Å². The molecular formula is C61H78N8O12. The van der Waals surface area contributed by atoms with Gasteiger partial charge < -0.3 is 55.6 Å². The van der Waals surface area contributed by atoms with Crippen molar-refractivity contribution in [2.75, 3.05) is 26.2 Å². The number of H-pyrrole nitrogens is 1. The van der Waals surface area contributed by atoms with Gasteiger partial charge in [0, 0.05) is 31.1 Å². The van der Waals surface area contributed by atoms with Crippen molar-refractivity contribution in [3.05, 3.63) is 126 Å². The second-order valence-corrected chi connectivity index (χ2v) is 21.1. The van der Waals surface area contributed by atoms with Crippen molar-refractivity contribution in [2.24, 2.45) is 16.9 Å². The third-order valence-corrected chi connectivity index (χ3v) is 14.5. The van der Waals surface area contributed by atoms with E-state index in [0.29, 0.717) is 41.0 Å². The summed E-state index contributed by atoms with van der Waals surface area (Å²) in [6.45, 7) is 10.9. The number of amides is 5. The Morgan fingerprint density at radius 1 is 0.852 bits per heavy atom. The number of aromatic hydroxyl groups is 1. The van der Waals surface area contributed by atoms with Gasteiger partial charge >= 0.3 is 11.9 Å². The number of esters is 2. The maximum Gasteiger partial charge on any atom is 0.340 e. The number of aliphatic hydroxyl groups is 1. The highest BCUT2D eigenvalue weighted by molar-refractivity contribution is 6.38. The lowest BCUT2D eigenvalue weighted by Crippen LogP contribution is -2.62. The van der Waals surface area contributed by atoms with Crippen molar-refractivity contribution < 1.29 is 58.0 Å². The molecule has 1 aromatic heterocycles. The van der Waals surface area contributed by atoms with Crippen molar-refractivity contribution in [3.8, 4) is 11.5 Å². The molecule has 6 rings (SSSR count). The molecule has 4 aromatic carbocycles. The van der Waals surface area contributed by atoms with Crippen LogP contribution >= 0.6 is 0 Å². The Balaban J connectivity index is 1.35. The van der Waals surface area contributed by atoms with Crippen LogP contribution in [-0.2, 0) is 44.7 Å². The van der Waals surface area contributed by atoms with Gasteiger partial charge in [0.05, 0.1) is 36.9 Å². The van der Waals surface area contributed by atoms with Crippen molar-refractivity contribution in [3.63, 3.8) is 0 Å². The van der Waals surface area contributed by atoms with E-state index in [1.807, 2.05) is 6.07 Å². The maximum atomic E-state index is 15.2. The minimum atomic E-state index is -1.78. The van der Waals surface area contributed by atoms with Crippen LogP contribution in [0.1, 0.15) is 132 Å². The molecule has 8 N–H and O–H groups in total. The van der Waals surface area contributed by atoms with E-state index in [4.69, 9.17) is 14.2 Å². The number of rotatable bonds is 21. The highest BCUT2D eigenvalue weighted by Gasteiger charge is 2.43. The van der Waals surface area contributed by atoms with Crippen LogP contribution in [-0.4, -0.2) is 118 Å². The Morgan fingerprint density at radius 3 is 2.23 bits per heavy atom. The molecule has 0 radical (unpaired) electrons. The van der Waals surface area contributed by atoms with Crippen LogP contribution in [0.5, 0.6) is 11.5 Å². The summed E-state index contributed by atoms with van der Waals surface area (Å²) in [6, 6.07) is 18.5. The molecule has 0 saturated carbocycles. The number of phenols is 1. The topological polar surface area (TPSA) is 279 Å². The summed E-state index contributed by atoms with van der Waals surface area (Å²) in [6.07, 6.45) is 4.17. The number of phenolic OH excluding ortho intramolecular Hbond substituents is 1. The highest BCUT2D eigenvalue weighted by atomic mass is 16.5. The fraction of sp³-hybridized carbons (Fsp3) is 0.443. The molecule has 0 spiro atoms. The van der Waals surface area contributed by atoms with Gasteiger partial charge in [-0.25, -0.2) is 4.79 Å². The molecule has 5 amide bonds. The van der Waals surface area contributed by atoms with Crippen molar-refractivity contribution >= 4 is 63.8 Å². The van der Waals surface area contributed by atoms with E-state index in [1.165, 1.54) is 39.3 Å². The number of hydrogen-bond donors (Lipinski definition) is 8. The van der Waals surface area contributed by atoms with Crippen molar-refractivity contribution in [1.82, 2.24) is 31.2 Å². The fourth-order valence-corrected chi connectivity index (χ4v) is 9.61. The first kappa shape index (κ1) is 61.9. The molecule has 8 atom stereocenters. The van der Waals surface area contributed by atoms with Gasteiger partial charge in [0.25, 0.3) is 5.91 Å². The summed E-state index contributed by atoms with van der Waals surface area (Å²) in [5, 5.41) is 38.5. The number of ether oxygens (including phenoxy) is 3. The molecule has 2 heterocycles. The Morgan fingerprint density at radius 2 is 1.54 bits per heavy atom. The Bertz CT molecular complexity index is 2990. The average Bonchev–Trinajstić information content (AvgIpc) is 3.95. The number of aliphatic hydroxyl groups excluding tert-OH is 1. The van der Waals surface area contributed by atoms with Gasteiger partial charge in [-0.1, -0.05) is 139 Å². The zero-order valence-electron chi connectivity index (χ0n) is 47.5. The van der Waals surface area contributed by atoms with Crippen LogP contribution < -0.4 is 31.4 Å². The standard InChI is InChI=1S/C61H78N8O12/c1-9-37(4)50-60(77)69(7)53(54(72)40-23-16-13-17-24-40)59(76)64-47(33-42-35-62-51-44(42)27-21-28-48(51)79-8)57(74)63-38(5)32-49(71)81-55(41-25-18-14-19-26-41)52(58(75)65-50)66-56(73)39(6)67-68-46-30-29-43(70)34-45(46)61(78)80-31-20-12-10-11-15-22-36(2)3/h13-14,16-19,21,23-30,34-38,47,50,52-55,62,68,70,72H,9-12,15,20,22,31-33H2,1-8H3,(H,63,74)(H,64,76)(H,65,75)(H,66,73)/t37-,38-,47+,50-,52-,53-,54-,55+/m0/s1. The first-order valence-electron chi connectivity index (χ1n) is 27.7. The number of cyclic esters (lactones) is 1. The number of anilines is 1. The van der Waals surface area contributed by atoms with E-state index in [9.17, 15) is 34.2 Å². The maximum absolute atomic E-state index is 15.2. The number of unbranched alkanes of at least 4 members (excludes halogenated alkanes) is 4. The van der Waals surface area contributed by atoms with Gasteiger partial charge in [-0.3, -0.25) is 34.2 Å². The second kappa shape index (κ2) is 29.8. The normalized spacial score (nSPS) is 20.5. The highest BCUT2D eigenvalue weighted by Crippen LogP contribution is 2.30. The summed E-state index contributed by atoms with van der Waals surface area (Å²) in [4.78, 5) is 106. The third kappa shape index (κ3) is 16.9. The summed E-state index contributed by atoms with van der Waals surface area (Å²) < 4.78 is 17.2. The number of aromatic amines is 1. The van der Waals surface area contributed by atoms with Gasteiger partial charge in [-0.2, -0.15) is 5.10 Å². The Hall–Kier alpha value is -8.26. The number of hydrogen-bond acceptors (Lipinski definition) is 14. The molecule has 20 heteroatoms. The van der Waals surface area contributed by atoms with Gasteiger partial charge in [0.15, 0.2) is 6.10 Å². The smallest absolute Gasteiger partial charge is 0.340 e. The largest absolute Gasteiger partial charge is 0.508 e. The van der Waals surface area contributed by atoms with Crippen LogP contribution in [0, 0.1) is 11.8 Å². The molecule has 1 aliphatic heterocycles. The Labute approximate surface area is 473 Å². The molecule has 1 aliphatic rings. The monoisotopic (exact) mass is 1110 g/mol. The van der Waals surface area contributed by atoms with Gasteiger partial charge in [0.1, 0.15) is 47.5 Å². The predicted octanol–water partition coefficient (Wildman–Crippen LogP) is 7.32. The minimum absolute atomic E-state index is 0.0504. The Kier molecular flexibility index (Phi) is 22.8. The number of aromatic nitrogens is 1. The van der Waals surface area contributed by atoms with Crippen molar-refractivity contribution in [2.45, 2.75) is 142 Å². The van der Waals surface area contributed by atoms with E-state index < -0.39 is 96.2 Å². The first-order chi connectivity index (χ1) is 38.8. The van der Waals surface area contributed by atoms with Crippen molar-refractivity contribution in [1.29, 1.82) is 0 Å². The predicted molar refractivity (Wildman–Crippen MR) is 307 cm³/mol. The molecule has 5 aromatic rings. The summed E-state index contributed by atoms with van der Waals surface area (Å²) >= 11 is 0. The lowest BCUT2D eigenvalue weighted by atomic mass is 9.94. The van der Waals surface area contributed by atoms with Crippen LogP contribution in [0.25, 0.3) is 10.9 Å². The zero-order chi connectivity index (χ0) is 58.8. The lowest BCUT2D eigenvalue weighted by Gasteiger charge is -2.36. The van der Waals surface area contributed by atoms with Crippen LogP contribution in [0.3, 0.4) is 0 Å². The van der Waals surface area contributed by atoms with E-state index in [0.717, 1.165) is 37.0 Å². The molecule has 20 nitrogen and oxygen atoms in total. The number of hydrazone groups is 1. The van der Waals surface area contributed by atoms with Crippen LogP contribution in [0.15, 0.2) is 108 Å². The number of para-hydroxylation sites is 1. The van der Waals surface area contributed by atoms with E-state index in [2.05, 4.69) is 50.6 Å². The number of fused-ring (bicyclic) bond motifs is 1. The molecule has 1 fully saturated rings. The third-order valence-electron chi connectivity index (χ3n) is 14.5. The minimum Gasteiger partial charge on any atom is -0.508 e. The first-order valence-corrected chi connectivity index (χ1v) is 27.7. The average molecular weight is 1120 g/mol. The summed E-state index contributed by atoms with van der Waals surface area (Å²) in [5.74, 6) is -5.61. The van der Waals surface area contributed by atoms with Gasteiger partial charge in [0.2, 0.25) is 23.6 Å². The lowest BCUT2D eigenvalue weighted by molar-refractivity contribution is -0.155.